The number of aromatic nitrogens is 6. The average molecular weight is 457 g/mol. The van der Waals surface area contributed by atoms with E-state index < -0.39 is 5.92 Å². The Morgan fingerprint density at radius 2 is 1.53 bits per heavy atom. The summed E-state index contributed by atoms with van der Waals surface area (Å²) in [6.07, 6.45) is 4.06. The molecular weight excluding hydrogens is 410 g/mol. The van der Waals surface area contributed by atoms with E-state index >= 15 is 0 Å². The minimum Gasteiger partial charge on any atom is -0.250 e. The van der Waals surface area contributed by atoms with Crippen molar-refractivity contribution in [3.8, 4) is 0 Å². The summed E-state index contributed by atoms with van der Waals surface area (Å²) in [5, 5.41) is 15.8. The van der Waals surface area contributed by atoms with Crippen molar-refractivity contribution >= 4 is 0 Å². The van der Waals surface area contributed by atoms with E-state index in [9.17, 15) is 8.78 Å². The van der Waals surface area contributed by atoms with Gasteiger partial charge in [-0.2, -0.15) is 8.78 Å². The molecule has 1 aliphatic rings. The quantitative estimate of drug-likeness (QED) is 0.488. The molecule has 0 bridgehead atoms. The molecule has 8 heteroatoms. The first-order valence-electron chi connectivity index (χ1n) is 11.2. The normalized spacial score (nSPS) is 17.8. The number of fused-ring (bicyclic) bond motifs is 1. The van der Waals surface area contributed by atoms with Gasteiger partial charge < -0.3 is 0 Å². The van der Waals surface area contributed by atoms with Gasteiger partial charge in [0.05, 0.1) is 11.4 Å². The molecule has 2 aromatic heterocycles. The molecule has 1 aliphatic carbocycles. The lowest BCUT2D eigenvalue weighted by Crippen LogP contribution is -2.24. The lowest BCUT2D eigenvalue weighted by molar-refractivity contribution is -0.0288. The highest BCUT2D eigenvalue weighted by atomic mass is 19.3. The van der Waals surface area contributed by atoms with Gasteiger partial charge >= 0.3 is 0 Å². The maximum atomic E-state index is 14.2. The number of hydrogen-bond acceptors (Lipinski definition) is 4. The number of alkyl halides is 2. The zero-order valence-corrected chi connectivity index (χ0v) is 19.7. The summed E-state index contributed by atoms with van der Waals surface area (Å²) in [5.74, 6) is -1.56. The van der Waals surface area contributed by atoms with Gasteiger partial charge in [0.2, 0.25) is 0 Å². The van der Waals surface area contributed by atoms with Gasteiger partial charge in [0.1, 0.15) is 0 Å². The first kappa shape index (κ1) is 30.1. The van der Waals surface area contributed by atoms with Crippen LogP contribution in [0.3, 0.4) is 0 Å². The van der Waals surface area contributed by atoms with Crippen molar-refractivity contribution in [3.63, 3.8) is 0 Å². The van der Waals surface area contributed by atoms with Crippen LogP contribution < -0.4 is 0 Å². The molecule has 0 aromatic carbocycles. The predicted octanol–water partition coefficient (Wildman–Crippen LogP) is 7.20. The Hall–Kier alpha value is -1.86. The largest absolute Gasteiger partial charge is 0.293 e. The molecule has 2 heterocycles. The fourth-order valence-electron chi connectivity index (χ4n) is 3.67. The van der Waals surface area contributed by atoms with Gasteiger partial charge in [-0.15, -0.1) is 10.2 Å². The minimum atomic E-state index is -2.84. The molecule has 32 heavy (non-hydrogen) atoms. The molecule has 1 atom stereocenters. The standard InChI is InChI=1S/C14H23F2N3.C8H15N3.2CH4/c1-9(2)11-5-6-12-13(14(15,16)8-7-11)17-18-19(12)10(3)4;1-6(2)8-5-11(7(3)4)10-9-8;;/h9-11H,5-8H2,1-4H3;5-7H,1-4H3;2*1H4. The molecule has 6 nitrogen and oxygen atoms in total. The van der Waals surface area contributed by atoms with Crippen LogP contribution in [0.2, 0.25) is 0 Å². The molecule has 0 saturated carbocycles. The molecule has 0 spiro atoms. The molecule has 0 fully saturated rings. The van der Waals surface area contributed by atoms with Gasteiger partial charge in [0.15, 0.2) is 5.69 Å². The third-order valence-electron chi connectivity index (χ3n) is 5.80. The van der Waals surface area contributed by atoms with E-state index in [-0.39, 0.29) is 33.0 Å². The average Bonchev–Trinajstić information content (AvgIpc) is 3.28. The Morgan fingerprint density at radius 1 is 0.906 bits per heavy atom. The maximum Gasteiger partial charge on any atom is 0.293 e. The Labute approximate surface area is 194 Å². The van der Waals surface area contributed by atoms with Crippen LogP contribution in [0.25, 0.3) is 0 Å². The Bertz CT molecular complexity index is 770. The first-order valence-corrected chi connectivity index (χ1v) is 11.2. The van der Waals surface area contributed by atoms with Crippen molar-refractivity contribution < 1.29 is 8.78 Å². The second-order valence-corrected chi connectivity index (χ2v) is 9.58. The van der Waals surface area contributed by atoms with Crippen molar-refractivity contribution in [3.05, 3.63) is 23.3 Å². The van der Waals surface area contributed by atoms with Crippen molar-refractivity contribution in [1.29, 1.82) is 0 Å². The number of nitrogens with zero attached hydrogens (tertiary/aromatic N) is 6. The molecule has 3 rings (SSSR count). The smallest absolute Gasteiger partial charge is 0.250 e. The Balaban J connectivity index is 0.000000639. The van der Waals surface area contributed by atoms with Crippen LogP contribution in [-0.2, 0) is 12.3 Å². The van der Waals surface area contributed by atoms with Crippen LogP contribution in [0.1, 0.15) is 125 Å². The zero-order valence-electron chi connectivity index (χ0n) is 19.7. The predicted molar refractivity (Wildman–Crippen MR) is 128 cm³/mol. The lowest BCUT2D eigenvalue weighted by atomic mass is 9.83. The van der Waals surface area contributed by atoms with Crippen molar-refractivity contribution in [2.75, 3.05) is 0 Å². The summed E-state index contributed by atoms with van der Waals surface area (Å²) in [5.41, 5.74) is 1.60. The second-order valence-electron chi connectivity index (χ2n) is 9.58. The topological polar surface area (TPSA) is 61.4 Å². The van der Waals surface area contributed by atoms with Crippen LogP contribution in [0.5, 0.6) is 0 Å². The molecule has 2 aromatic rings. The minimum absolute atomic E-state index is 0. The fourth-order valence-corrected chi connectivity index (χ4v) is 3.67. The van der Waals surface area contributed by atoms with Crippen LogP contribution in [0.4, 0.5) is 8.78 Å². The summed E-state index contributed by atoms with van der Waals surface area (Å²) in [6, 6.07) is 0.485. The van der Waals surface area contributed by atoms with Gasteiger partial charge in [0, 0.05) is 24.7 Å². The van der Waals surface area contributed by atoms with Crippen molar-refractivity contribution in [2.24, 2.45) is 11.8 Å². The summed E-state index contributed by atoms with van der Waals surface area (Å²) in [4.78, 5) is 0. The van der Waals surface area contributed by atoms with Crippen LogP contribution in [-0.4, -0.2) is 30.0 Å². The molecule has 186 valence electrons. The molecule has 1 unspecified atom stereocenters. The lowest BCUT2D eigenvalue weighted by Gasteiger charge is -2.27. The summed E-state index contributed by atoms with van der Waals surface area (Å²) < 4.78 is 32.0. The SMILES string of the molecule is C.C.CC(C)C1CCc2c(nnn2C(C)C)C(F)(F)CC1.CC(C)c1cn(C(C)C)nn1. The molecule has 0 radical (unpaired) electrons. The summed E-state index contributed by atoms with van der Waals surface area (Å²) in [7, 11) is 0. The zero-order chi connectivity index (χ0) is 22.6. The van der Waals surface area contributed by atoms with E-state index in [1.165, 1.54) is 0 Å². The highest BCUT2D eigenvalue weighted by Crippen LogP contribution is 2.40. The van der Waals surface area contributed by atoms with Crippen LogP contribution in [0.15, 0.2) is 6.20 Å². The van der Waals surface area contributed by atoms with E-state index in [1.807, 2.05) is 24.7 Å². The first-order chi connectivity index (χ1) is 13.9. The molecule has 0 saturated heterocycles. The summed E-state index contributed by atoms with van der Waals surface area (Å²) >= 11 is 0. The van der Waals surface area contributed by atoms with Crippen molar-refractivity contribution in [1.82, 2.24) is 30.0 Å². The van der Waals surface area contributed by atoms with E-state index in [1.54, 1.807) is 4.68 Å². The maximum absolute atomic E-state index is 14.2. The molecular formula is C24H46F2N6. The highest BCUT2D eigenvalue weighted by molar-refractivity contribution is 5.18. The van der Waals surface area contributed by atoms with Gasteiger partial charge in [0.25, 0.3) is 5.92 Å². The second kappa shape index (κ2) is 12.4. The highest BCUT2D eigenvalue weighted by Gasteiger charge is 2.40. The van der Waals surface area contributed by atoms with E-state index in [2.05, 4.69) is 62.2 Å². The monoisotopic (exact) mass is 456 g/mol. The fraction of sp³-hybridized carbons (Fsp3) is 0.833. The molecule has 0 N–H and O–H groups in total. The van der Waals surface area contributed by atoms with Crippen molar-refractivity contribution in [2.45, 2.75) is 120 Å². The third kappa shape index (κ3) is 7.34. The number of hydrogen-bond donors (Lipinski definition) is 0. The van der Waals surface area contributed by atoms with Gasteiger partial charge in [-0.3, -0.25) is 0 Å². The van der Waals surface area contributed by atoms with E-state index in [0.717, 1.165) is 12.1 Å². The number of halogens is 2. The van der Waals surface area contributed by atoms with E-state index in [4.69, 9.17) is 0 Å². The molecule has 0 aliphatic heterocycles. The number of rotatable bonds is 4. The van der Waals surface area contributed by atoms with Crippen LogP contribution in [0, 0.1) is 11.8 Å². The van der Waals surface area contributed by atoms with Gasteiger partial charge in [-0.25, -0.2) is 9.36 Å². The van der Waals surface area contributed by atoms with Gasteiger partial charge in [-0.05, 0) is 64.7 Å². The third-order valence-corrected chi connectivity index (χ3v) is 5.80. The van der Waals surface area contributed by atoms with Crippen LogP contribution >= 0.6 is 0 Å². The van der Waals surface area contributed by atoms with E-state index in [0.29, 0.717) is 42.3 Å². The summed E-state index contributed by atoms with van der Waals surface area (Å²) in [6.45, 7) is 16.6. The van der Waals surface area contributed by atoms with Gasteiger partial charge in [-0.1, -0.05) is 53.0 Å². The molecule has 0 amide bonds. The Morgan fingerprint density at radius 3 is 1.97 bits per heavy atom. The Kier molecular flexibility index (Phi) is 11.7.